The second kappa shape index (κ2) is 6.64. The van der Waals surface area contributed by atoms with Crippen molar-refractivity contribution in [3.8, 4) is 0 Å². The van der Waals surface area contributed by atoms with Crippen LogP contribution in [0.2, 0.25) is 0 Å². The Kier molecular flexibility index (Phi) is 4.93. The first-order valence-corrected chi connectivity index (χ1v) is 10.6. The van der Waals surface area contributed by atoms with Gasteiger partial charge in [-0.15, -0.1) is 11.3 Å². The summed E-state index contributed by atoms with van der Waals surface area (Å²) in [5, 5.41) is 2.72. The Hall–Kier alpha value is -0.740. The molecule has 3 rings (SSSR count). The number of amides is 1. The van der Waals surface area contributed by atoms with Crippen LogP contribution in [-0.4, -0.2) is 20.4 Å². The smallest absolute Gasteiger partial charge is 0.265 e. The zero-order valence-corrected chi connectivity index (χ0v) is 16.5. The largest absolute Gasteiger partial charge is 0.321 e. The van der Waals surface area contributed by atoms with Crippen molar-refractivity contribution in [3.63, 3.8) is 0 Å². The van der Waals surface area contributed by atoms with Gasteiger partial charge in [-0.3, -0.25) is 4.79 Å². The first-order chi connectivity index (χ1) is 10.8. The third kappa shape index (κ3) is 4.21. The fourth-order valence-electron chi connectivity index (χ4n) is 1.88. The zero-order valence-electron chi connectivity index (χ0n) is 11.7. The van der Waals surface area contributed by atoms with Crippen molar-refractivity contribution < 1.29 is 13.2 Å². The van der Waals surface area contributed by atoms with E-state index in [4.69, 9.17) is 0 Å². The van der Waals surface area contributed by atoms with Gasteiger partial charge in [-0.1, -0.05) is 6.07 Å². The van der Waals surface area contributed by atoms with Gasteiger partial charge in [-0.25, -0.2) is 13.1 Å². The molecule has 1 aromatic heterocycles. The molecule has 1 aliphatic carbocycles. The maximum Gasteiger partial charge on any atom is 0.265 e. The number of halogens is 2. The van der Waals surface area contributed by atoms with E-state index in [1.165, 1.54) is 23.5 Å². The summed E-state index contributed by atoms with van der Waals surface area (Å²) >= 11 is 7.97. The molecule has 5 nitrogen and oxygen atoms in total. The molecule has 122 valence electrons. The summed E-state index contributed by atoms with van der Waals surface area (Å²) in [5.41, 5.74) is 0.439. The number of nitrogens with one attached hydrogen (secondary N) is 2. The van der Waals surface area contributed by atoms with Crippen molar-refractivity contribution in [2.45, 2.75) is 23.8 Å². The summed E-state index contributed by atoms with van der Waals surface area (Å²) in [6, 6.07) is 7.99. The summed E-state index contributed by atoms with van der Waals surface area (Å²) in [6.07, 6.45) is 1.75. The second-order valence-corrected chi connectivity index (χ2v) is 10.0. The van der Waals surface area contributed by atoms with Crippen LogP contribution in [0, 0.1) is 0 Å². The highest BCUT2D eigenvalue weighted by atomic mass is 79.9. The first kappa shape index (κ1) is 17.1. The van der Waals surface area contributed by atoms with Gasteiger partial charge in [-0.05, 0) is 69.0 Å². The molecule has 23 heavy (non-hydrogen) atoms. The van der Waals surface area contributed by atoms with Crippen molar-refractivity contribution >= 4 is 64.8 Å². The Labute approximate surface area is 154 Å². The molecule has 1 aromatic carbocycles. The van der Waals surface area contributed by atoms with Crippen molar-refractivity contribution in [1.82, 2.24) is 4.72 Å². The number of sulfonamides is 1. The van der Waals surface area contributed by atoms with E-state index in [1.807, 2.05) is 0 Å². The molecule has 0 unspecified atom stereocenters. The van der Waals surface area contributed by atoms with Crippen LogP contribution in [0.5, 0.6) is 0 Å². The van der Waals surface area contributed by atoms with E-state index >= 15 is 0 Å². The molecule has 0 atom stereocenters. The van der Waals surface area contributed by atoms with Gasteiger partial charge in [0.25, 0.3) is 5.91 Å². The van der Waals surface area contributed by atoms with Crippen molar-refractivity contribution in [3.05, 3.63) is 43.5 Å². The van der Waals surface area contributed by atoms with Gasteiger partial charge in [0.1, 0.15) is 0 Å². The normalized spacial score (nSPS) is 14.7. The lowest BCUT2D eigenvalue weighted by atomic mass is 10.3. The topological polar surface area (TPSA) is 75.3 Å². The minimum absolute atomic E-state index is 0.0408. The second-order valence-electron chi connectivity index (χ2n) is 5.11. The monoisotopic (exact) mass is 478 g/mol. The fourth-order valence-corrected chi connectivity index (χ4v) is 5.16. The lowest BCUT2D eigenvalue weighted by molar-refractivity contribution is 0.103. The molecule has 1 saturated carbocycles. The Morgan fingerprint density at radius 3 is 2.57 bits per heavy atom. The van der Waals surface area contributed by atoms with Gasteiger partial charge in [0.05, 0.1) is 13.6 Å². The number of benzene rings is 1. The van der Waals surface area contributed by atoms with Crippen LogP contribution in [0.4, 0.5) is 5.69 Å². The first-order valence-electron chi connectivity index (χ1n) is 6.74. The predicted molar refractivity (Wildman–Crippen MR) is 97.5 cm³/mol. The van der Waals surface area contributed by atoms with E-state index in [2.05, 4.69) is 41.9 Å². The molecule has 0 radical (unpaired) electrons. The quantitative estimate of drug-likeness (QED) is 0.681. The van der Waals surface area contributed by atoms with Gasteiger partial charge in [0.2, 0.25) is 10.0 Å². The van der Waals surface area contributed by atoms with Gasteiger partial charge in [0.15, 0.2) is 0 Å². The molecule has 1 fully saturated rings. The highest BCUT2D eigenvalue weighted by Gasteiger charge is 2.28. The molecule has 0 spiro atoms. The third-order valence-electron chi connectivity index (χ3n) is 3.17. The number of hydrogen-bond acceptors (Lipinski definition) is 4. The average molecular weight is 480 g/mol. The highest BCUT2D eigenvalue weighted by molar-refractivity contribution is 9.13. The molecule has 1 aliphatic rings. The summed E-state index contributed by atoms with van der Waals surface area (Å²) in [5.74, 6) is -0.286. The number of carbonyl (C=O) groups excluding carboxylic acids is 1. The molecule has 0 aliphatic heterocycles. The minimum atomic E-state index is -3.54. The molecule has 1 amide bonds. The van der Waals surface area contributed by atoms with Gasteiger partial charge in [0, 0.05) is 16.2 Å². The lowest BCUT2D eigenvalue weighted by Crippen LogP contribution is -2.25. The van der Waals surface area contributed by atoms with Crippen LogP contribution in [0.1, 0.15) is 22.5 Å². The molecule has 0 saturated heterocycles. The van der Waals surface area contributed by atoms with Crippen molar-refractivity contribution in [2.24, 2.45) is 0 Å². The maximum atomic E-state index is 12.2. The Bertz CT molecular complexity index is 841. The third-order valence-corrected chi connectivity index (χ3v) is 7.94. The molecule has 1 heterocycles. The zero-order chi connectivity index (χ0) is 16.6. The SMILES string of the molecule is O=C(Nc1cccc(S(=O)(=O)NC2CC2)c1)c1cc(Br)c(Br)s1. The maximum absolute atomic E-state index is 12.2. The summed E-state index contributed by atoms with van der Waals surface area (Å²) in [7, 11) is -3.54. The Balaban J connectivity index is 1.78. The number of carbonyl (C=O) groups is 1. The van der Waals surface area contributed by atoms with Crippen LogP contribution in [0.25, 0.3) is 0 Å². The Morgan fingerprint density at radius 2 is 1.96 bits per heavy atom. The molecular weight excluding hydrogens is 468 g/mol. The number of rotatable bonds is 5. The van der Waals surface area contributed by atoms with Crippen LogP contribution in [-0.2, 0) is 10.0 Å². The predicted octanol–water partition coefficient (Wildman–Crippen LogP) is 3.97. The number of hydrogen-bond donors (Lipinski definition) is 2. The van der Waals surface area contributed by atoms with E-state index < -0.39 is 10.0 Å². The summed E-state index contributed by atoms with van der Waals surface area (Å²) in [4.78, 5) is 12.9. The molecular formula is C14H12Br2N2O3S2. The summed E-state index contributed by atoms with van der Waals surface area (Å²) in [6.45, 7) is 0. The van der Waals surface area contributed by atoms with E-state index in [9.17, 15) is 13.2 Å². The fraction of sp³-hybridized carbons (Fsp3) is 0.214. The van der Waals surface area contributed by atoms with Gasteiger partial charge < -0.3 is 5.32 Å². The van der Waals surface area contributed by atoms with E-state index in [0.717, 1.165) is 21.1 Å². The van der Waals surface area contributed by atoms with Crippen LogP contribution in [0.3, 0.4) is 0 Å². The summed E-state index contributed by atoms with van der Waals surface area (Å²) < 4.78 is 28.7. The minimum Gasteiger partial charge on any atom is -0.321 e. The molecule has 9 heteroatoms. The van der Waals surface area contributed by atoms with E-state index in [0.29, 0.717) is 10.6 Å². The van der Waals surface area contributed by atoms with E-state index in [1.54, 1.807) is 18.2 Å². The number of thiophene rings is 1. The molecule has 2 N–H and O–H groups in total. The van der Waals surface area contributed by atoms with Crippen LogP contribution in [0.15, 0.2) is 43.5 Å². The van der Waals surface area contributed by atoms with E-state index in [-0.39, 0.29) is 16.8 Å². The standard InChI is InChI=1S/C14H12Br2N2O3S2/c15-11-7-12(22-13(11)16)14(19)17-9-2-1-3-10(6-9)23(20,21)18-8-4-5-8/h1-3,6-8,18H,4-5H2,(H,17,19). The van der Waals surface area contributed by atoms with Gasteiger partial charge >= 0.3 is 0 Å². The van der Waals surface area contributed by atoms with Crippen LogP contribution >= 0.6 is 43.2 Å². The average Bonchev–Trinajstić information content (AvgIpc) is 3.23. The highest BCUT2D eigenvalue weighted by Crippen LogP contribution is 2.32. The van der Waals surface area contributed by atoms with Crippen molar-refractivity contribution in [2.75, 3.05) is 5.32 Å². The lowest BCUT2D eigenvalue weighted by Gasteiger charge is -2.08. The van der Waals surface area contributed by atoms with Crippen molar-refractivity contribution in [1.29, 1.82) is 0 Å². The van der Waals surface area contributed by atoms with Crippen LogP contribution < -0.4 is 10.0 Å². The Morgan fingerprint density at radius 1 is 1.22 bits per heavy atom. The number of anilines is 1. The molecule has 2 aromatic rings. The van der Waals surface area contributed by atoms with Gasteiger partial charge in [-0.2, -0.15) is 0 Å². The molecule has 0 bridgehead atoms.